The molecule has 0 aliphatic carbocycles. The van der Waals surface area contributed by atoms with E-state index in [0.717, 1.165) is 5.56 Å². The minimum absolute atomic E-state index is 0.0210. The fraction of sp³-hybridized carbons (Fsp3) is 0.308. The van der Waals surface area contributed by atoms with Crippen molar-refractivity contribution in [2.75, 3.05) is 7.11 Å². The summed E-state index contributed by atoms with van der Waals surface area (Å²) in [7, 11) is 3.33. The van der Waals surface area contributed by atoms with Crippen LogP contribution in [0.3, 0.4) is 0 Å². The zero-order chi connectivity index (χ0) is 13.1. The number of rotatable bonds is 4. The molecule has 5 nitrogen and oxygen atoms in total. The molecule has 0 amide bonds. The summed E-state index contributed by atoms with van der Waals surface area (Å²) in [5, 5.41) is 7.71. The van der Waals surface area contributed by atoms with Gasteiger partial charge in [0.05, 0.1) is 24.8 Å². The smallest absolute Gasteiger partial charge is 0.172 e. The molecular formula is C13H15N3O2. The van der Waals surface area contributed by atoms with Crippen LogP contribution < -0.4 is 4.74 Å². The van der Waals surface area contributed by atoms with Gasteiger partial charge in [-0.25, -0.2) is 0 Å². The van der Waals surface area contributed by atoms with E-state index >= 15 is 0 Å². The van der Waals surface area contributed by atoms with Gasteiger partial charge in [-0.05, 0) is 24.6 Å². The Balaban J connectivity index is 2.23. The molecule has 0 N–H and O–H groups in total. The number of hydrogen-bond acceptors (Lipinski definition) is 4. The first-order valence-corrected chi connectivity index (χ1v) is 5.63. The third-order valence-corrected chi connectivity index (χ3v) is 2.65. The molecule has 0 aliphatic rings. The Hall–Kier alpha value is -2.17. The highest BCUT2D eigenvalue weighted by molar-refractivity contribution is 5.99. The molecule has 0 spiro atoms. The number of hydrogen-bond donors (Lipinski definition) is 0. The molecule has 94 valence electrons. The molecule has 0 saturated carbocycles. The second kappa shape index (κ2) is 5.00. The number of nitrogens with zero attached hydrogens (tertiary/aromatic N) is 3. The molecular weight excluding hydrogens is 230 g/mol. The van der Waals surface area contributed by atoms with Gasteiger partial charge < -0.3 is 4.74 Å². The van der Waals surface area contributed by atoms with E-state index < -0.39 is 0 Å². The molecule has 0 saturated heterocycles. The molecule has 18 heavy (non-hydrogen) atoms. The predicted octanol–water partition coefficient (Wildman–Crippen LogP) is 1.56. The molecule has 0 bridgehead atoms. The van der Waals surface area contributed by atoms with E-state index in [1.165, 1.54) is 0 Å². The molecule has 0 fully saturated rings. The molecule has 1 heterocycles. The van der Waals surface area contributed by atoms with E-state index in [4.69, 9.17) is 4.74 Å². The Labute approximate surface area is 105 Å². The van der Waals surface area contributed by atoms with Crippen molar-refractivity contribution in [2.45, 2.75) is 13.3 Å². The Bertz CT molecular complexity index is 575. The third-order valence-electron chi connectivity index (χ3n) is 2.65. The summed E-state index contributed by atoms with van der Waals surface area (Å²) < 4.78 is 6.81. The van der Waals surface area contributed by atoms with Gasteiger partial charge in [-0.2, -0.15) is 0 Å². The first-order chi connectivity index (χ1) is 8.60. The summed E-state index contributed by atoms with van der Waals surface area (Å²) in [5.41, 5.74) is 2.29. The zero-order valence-corrected chi connectivity index (χ0v) is 10.7. The van der Waals surface area contributed by atoms with E-state index in [2.05, 4.69) is 10.3 Å². The minimum atomic E-state index is -0.0210. The first kappa shape index (κ1) is 12.3. The van der Waals surface area contributed by atoms with Crippen molar-refractivity contribution < 1.29 is 9.53 Å². The quantitative estimate of drug-likeness (QED) is 0.767. The fourth-order valence-corrected chi connectivity index (χ4v) is 1.76. The number of ketones is 1. The Morgan fingerprint density at radius 3 is 2.83 bits per heavy atom. The van der Waals surface area contributed by atoms with E-state index in [1.807, 2.05) is 19.1 Å². The minimum Gasteiger partial charge on any atom is -0.496 e. The SMILES string of the molecule is COc1cc(C)ccc1C(=O)Cc1cn(C)nn1. The summed E-state index contributed by atoms with van der Waals surface area (Å²) in [6, 6.07) is 5.53. The van der Waals surface area contributed by atoms with Crippen LogP contribution in [0.15, 0.2) is 24.4 Å². The van der Waals surface area contributed by atoms with Gasteiger partial charge in [-0.15, -0.1) is 5.10 Å². The topological polar surface area (TPSA) is 57.0 Å². The highest BCUT2D eigenvalue weighted by Crippen LogP contribution is 2.21. The molecule has 2 aromatic rings. The summed E-state index contributed by atoms with van der Waals surface area (Å²) in [4.78, 5) is 12.2. The standard InChI is InChI=1S/C13H15N3O2/c1-9-4-5-11(13(6-9)18-3)12(17)7-10-8-16(2)15-14-10/h4-6,8H,7H2,1-3H3. The Morgan fingerprint density at radius 1 is 1.44 bits per heavy atom. The average Bonchev–Trinajstić information content (AvgIpc) is 2.74. The number of benzene rings is 1. The number of ether oxygens (including phenoxy) is 1. The molecule has 5 heteroatoms. The van der Waals surface area contributed by atoms with E-state index in [0.29, 0.717) is 17.0 Å². The molecule has 1 aromatic heterocycles. The highest BCUT2D eigenvalue weighted by Gasteiger charge is 2.14. The van der Waals surface area contributed by atoms with Gasteiger partial charge in [0.25, 0.3) is 0 Å². The van der Waals surface area contributed by atoms with Crippen LogP contribution in [0.4, 0.5) is 0 Å². The number of carbonyl (C=O) groups is 1. The number of aromatic nitrogens is 3. The normalized spacial score (nSPS) is 10.4. The highest BCUT2D eigenvalue weighted by atomic mass is 16.5. The lowest BCUT2D eigenvalue weighted by atomic mass is 10.0. The lowest BCUT2D eigenvalue weighted by molar-refractivity contribution is 0.0989. The van der Waals surface area contributed by atoms with Gasteiger partial charge in [-0.1, -0.05) is 11.3 Å². The summed E-state index contributed by atoms with van der Waals surface area (Å²) >= 11 is 0. The molecule has 0 unspecified atom stereocenters. The maximum Gasteiger partial charge on any atom is 0.172 e. The van der Waals surface area contributed by atoms with E-state index in [-0.39, 0.29) is 12.2 Å². The molecule has 0 aliphatic heterocycles. The van der Waals surface area contributed by atoms with Gasteiger partial charge in [-0.3, -0.25) is 9.48 Å². The van der Waals surface area contributed by atoms with Crippen LogP contribution in [0.25, 0.3) is 0 Å². The van der Waals surface area contributed by atoms with Crippen LogP contribution in [0.5, 0.6) is 5.75 Å². The maximum absolute atomic E-state index is 12.2. The molecule has 1 aromatic carbocycles. The number of carbonyl (C=O) groups excluding carboxylic acids is 1. The van der Waals surface area contributed by atoms with Crippen molar-refractivity contribution in [2.24, 2.45) is 7.05 Å². The predicted molar refractivity (Wildman–Crippen MR) is 66.8 cm³/mol. The van der Waals surface area contributed by atoms with Crippen molar-refractivity contribution in [3.63, 3.8) is 0 Å². The lowest BCUT2D eigenvalue weighted by Crippen LogP contribution is -2.06. The molecule has 0 radical (unpaired) electrons. The molecule has 2 rings (SSSR count). The van der Waals surface area contributed by atoms with Crippen molar-refractivity contribution >= 4 is 5.78 Å². The second-order valence-electron chi connectivity index (χ2n) is 4.19. The van der Waals surface area contributed by atoms with Crippen LogP contribution in [-0.4, -0.2) is 27.9 Å². The monoisotopic (exact) mass is 245 g/mol. The van der Waals surface area contributed by atoms with E-state index in [1.54, 1.807) is 31.1 Å². The number of methoxy groups -OCH3 is 1. The summed E-state index contributed by atoms with van der Waals surface area (Å²) in [6.45, 7) is 1.96. The summed E-state index contributed by atoms with van der Waals surface area (Å²) in [5.74, 6) is 0.580. The van der Waals surface area contributed by atoms with Crippen molar-refractivity contribution in [3.8, 4) is 5.75 Å². The van der Waals surface area contributed by atoms with Crippen molar-refractivity contribution in [3.05, 3.63) is 41.2 Å². The van der Waals surface area contributed by atoms with Crippen LogP contribution in [0.2, 0.25) is 0 Å². The van der Waals surface area contributed by atoms with Gasteiger partial charge >= 0.3 is 0 Å². The lowest BCUT2D eigenvalue weighted by Gasteiger charge is -2.07. The first-order valence-electron chi connectivity index (χ1n) is 5.63. The van der Waals surface area contributed by atoms with Crippen LogP contribution in [-0.2, 0) is 13.5 Å². The zero-order valence-electron chi connectivity index (χ0n) is 10.7. The van der Waals surface area contributed by atoms with Crippen LogP contribution in [0, 0.1) is 6.92 Å². The second-order valence-corrected chi connectivity index (χ2v) is 4.19. The Morgan fingerprint density at radius 2 is 2.22 bits per heavy atom. The van der Waals surface area contributed by atoms with Gasteiger partial charge in [0.1, 0.15) is 5.75 Å². The van der Waals surface area contributed by atoms with Gasteiger partial charge in [0, 0.05) is 13.2 Å². The van der Waals surface area contributed by atoms with Crippen molar-refractivity contribution in [1.82, 2.24) is 15.0 Å². The third kappa shape index (κ3) is 2.56. The van der Waals surface area contributed by atoms with E-state index in [9.17, 15) is 4.79 Å². The largest absolute Gasteiger partial charge is 0.496 e. The van der Waals surface area contributed by atoms with Crippen LogP contribution in [0.1, 0.15) is 21.6 Å². The average molecular weight is 245 g/mol. The molecule has 0 atom stereocenters. The van der Waals surface area contributed by atoms with Gasteiger partial charge in [0.15, 0.2) is 5.78 Å². The summed E-state index contributed by atoms with van der Waals surface area (Å²) in [6.07, 6.45) is 1.96. The number of aryl methyl sites for hydroxylation is 2. The maximum atomic E-state index is 12.2. The van der Waals surface area contributed by atoms with Crippen LogP contribution >= 0.6 is 0 Å². The van der Waals surface area contributed by atoms with Crippen molar-refractivity contribution in [1.29, 1.82) is 0 Å². The van der Waals surface area contributed by atoms with Gasteiger partial charge in [0.2, 0.25) is 0 Å². The fourth-order valence-electron chi connectivity index (χ4n) is 1.76. The Kier molecular flexibility index (Phi) is 3.41. The number of Topliss-reactive ketones (excluding diaryl/α,β-unsaturated/α-hetero) is 1.